The van der Waals surface area contributed by atoms with Crippen LogP contribution in [0.5, 0.6) is 0 Å². The van der Waals surface area contributed by atoms with E-state index in [1.54, 1.807) is 18.2 Å². The van der Waals surface area contributed by atoms with Gasteiger partial charge in [-0.15, -0.1) is 0 Å². The molecular formula is C20H20ClN3O4S. The molecule has 1 aliphatic heterocycles. The Kier molecular flexibility index (Phi) is 5.49. The molecule has 3 heterocycles. The number of carbonyl (C=O) groups excluding carboxylic acids is 1. The fraction of sp³-hybridized carbons (Fsp3) is 0.250. The van der Waals surface area contributed by atoms with E-state index in [0.717, 1.165) is 19.3 Å². The summed E-state index contributed by atoms with van der Waals surface area (Å²) in [6.45, 7) is 0.936. The Bertz CT molecular complexity index is 1120. The van der Waals surface area contributed by atoms with E-state index in [0.29, 0.717) is 29.5 Å². The number of furan rings is 1. The molecule has 0 bridgehead atoms. The molecule has 1 saturated heterocycles. The lowest BCUT2D eigenvalue weighted by molar-refractivity contribution is 0.0991. The minimum absolute atomic E-state index is 0.0750. The number of nitrogens with zero attached hydrogens (tertiary/aromatic N) is 2. The molecule has 1 N–H and O–H groups in total. The number of hydrogen-bond acceptors (Lipinski definition) is 4. The first kappa shape index (κ1) is 19.8. The van der Waals surface area contributed by atoms with Gasteiger partial charge >= 0.3 is 0 Å². The molecule has 0 atom stereocenters. The monoisotopic (exact) mass is 433 g/mol. The van der Waals surface area contributed by atoms with Crippen molar-refractivity contribution in [2.45, 2.75) is 24.4 Å². The van der Waals surface area contributed by atoms with Crippen LogP contribution in [-0.2, 0) is 10.0 Å². The number of benzene rings is 1. The van der Waals surface area contributed by atoms with E-state index in [9.17, 15) is 13.2 Å². The minimum atomic E-state index is -3.73. The summed E-state index contributed by atoms with van der Waals surface area (Å²) in [5, 5.41) is 3.08. The second-order valence-electron chi connectivity index (χ2n) is 6.79. The maximum atomic E-state index is 12.7. The fourth-order valence-corrected chi connectivity index (χ4v) is 4.91. The van der Waals surface area contributed by atoms with E-state index in [-0.39, 0.29) is 10.9 Å². The summed E-state index contributed by atoms with van der Waals surface area (Å²) in [6, 6.07) is 11.5. The Balaban J connectivity index is 1.56. The second-order valence-corrected chi connectivity index (χ2v) is 9.09. The van der Waals surface area contributed by atoms with E-state index in [1.165, 1.54) is 16.4 Å². The van der Waals surface area contributed by atoms with Gasteiger partial charge in [0.05, 0.1) is 11.4 Å². The Morgan fingerprint density at radius 2 is 1.76 bits per heavy atom. The first-order chi connectivity index (χ1) is 13.9. The van der Waals surface area contributed by atoms with Crippen molar-refractivity contribution >= 4 is 33.2 Å². The van der Waals surface area contributed by atoms with Crippen molar-refractivity contribution in [3.8, 4) is 5.69 Å². The van der Waals surface area contributed by atoms with Crippen LogP contribution in [-0.4, -0.2) is 36.3 Å². The van der Waals surface area contributed by atoms with Gasteiger partial charge in [-0.3, -0.25) is 4.79 Å². The minimum Gasteiger partial charge on any atom is -0.438 e. The smallest absolute Gasteiger partial charge is 0.291 e. The van der Waals surface area contributed by atoms with Crippen molar-refractivity contribution in [2.24, 2.45) is 0 Å². The summed E-state index contributed by atoms with van der Waals surface area (Å²) in [5.41, 5.74) is 1.20. The topological polar surface area (TPSA) is 84.5 Å². The number of piperidine rings is 1. The molecule has 3 aromatic rings. The maximum absolute atomic E-state index is 12.7. The molecule has 1 fully saturated rings. The molecule has 1 aromatic carbocycles. The van der Waals surface area contributed by atoms with E-state index in [4.69, 9.17) is 16.0 Å². The molecular weight excluding hydrogens is 414 g/mol. The largest absolute Gasteiger partial charge is 0.438 e. The summed E-state index contributed by atoms with van der Waals surface area (Å²) in [4.78, 5) is 12.7. The van der Waals surface area contributed by atoms with Gasteiger partial charge in [0.1, 0.15) is 0 Å². The van der Waals surface area contributed by atoms with Gasteiger partial charge in [-0.25, -0.2) is 8.42 Å². The number of nitrogens with one attached hydrogen (secondary N) is 1. The molecule has 1 aliphatic rings. The van der Waals surface area contributed by atoms with Crippen LogP contribution in [0, 0.1) is 0 Å². The molecule has 0 spiro atoms. The lowest BCUT2D eigenvalue weighted by atomic mass is 10.2. The summed E-state index contributed by atoms with van der Waals surface area (Å²) >= 11 is 6.10. The average molecular weight is 434 g/mol. The van der Waals surface area contributed by atoms with Crippen molar-refractivity contribution in [3.63, 3.8) is 0 Å². The Labute approximate surface area is 173 Å². The summed E-state index contributed by atoms with van der Waals surface area (Å²) in [7, 11) is -3.73. The SMILES string of the molecule is O=C(Nc1ccc(Cl)cc1-n1cccc1)c1ccc(S(=O)(=O)N2CCCCC2)o1. The number of rotatable bonds is 5. The summed E-state index contributed by atoms with van der Waals surface area (Å²) in [5.74, 6) is -0.616. The van der Waals surface area contributed by atoms with E-state index < -0.39 is 15.9 Å². The number of hydrogen-bond donors (Lipinski definition) is 1. The normalized spacial score (nSPS) is 15.3. The third-order valence-electron chi connectivity index (χ3n) is 4.80. The van der Waals surface area contributed by atoms with Gasteiger partial charge in [-0.05, 0) is 55.3 Å². The van der Waals surface area contributed by atoms with Gasteiger partial charge in [-0.1, -0.05) is 18.0 Å². The van der Waals surface area contributed by atoms with Crippen LogP contribution in [0.3, 0.4) is 0 Å². The van der Waals surface area contributed by atoms with Crippen LogP contribution in [0.2, 0.25) is 5.02 Å². The third-order valence-corrected chi connectivity index (χ3v) is 6.81. The molecule has 2 aromatic heterocycles. The number of carbonyl (C=O) groups is 1. The molecule has 4 rings (SSSR count). The Morgan fingerprint density at radius 1 is 1.03 bits per heavy atom. The number of aromatic nitrogens is 1. The van der Waals surface area contributed by atoms with Crippen LogP contribution in [0.1, 0.15) is 29.8 Å². The first-order valence-electron chi connectivity index (χ1n) is 9.29. The highest BCUT2D eigenvalue weighted by molar-refractivity contribution is 7.89. The highest BCUT2D eigenvalue weighted by Crippen LogP contribution is 2.27. The zero-order valence-electron chi connectivity index (χ0n) is 15.5. The van der Waals surface area contributed by atoms with Crippen LogP contribution in [0.4, 0.5) is 5.69 Å². The summed E-state index contributed by atoms with van der Waals surface area (Å²) in [6.07, 6.45) is 6.33. The molecule has 0 aliphatic carbocycles. The van der Waals surface area contributed by atoms with E-state index in [1.807, 2.05) is 29.1 Å². The average Bonchev–Trinajstić information content (AvgIpc) is 3.42. The quantitative estimate of drug-likeness (QED) is 0.655. The highest BCUT2D eigenvalue weighted by atomic mass is 35.5. The molecule has 0 saturated carbocycles. The Morgan fingerprint density at radius 3 is 2.48 bits per heavy atom. The first-order valence-corrected chi connectivity index (χ1v) is 11.1. The number of sulfonamides is 1. The fourth-order valence-electron chi connectivity index (χ4n) is 3.32. The van der Waals surface area contributed by atoms with E-state index in [2.05, 4.69) is 5.32 Å². The van der Waals surface area contributed by atoms with Gasteiger partial charge in [0, 0.05) is 30.5 Å². The second kappa shape index (κ2) is 8.06. The van der Waals surface area contributed by atoms with Crippen molar-refractivity contribution in [3.05, 3.63) is 65.6 Å². The summed E-state index contributed by atoms with van der Waals surface area (Å²) < 4.78 is 34.1. The highest BCUT2D eigenvalue weighted by Gasteiger charge is 2.29. The maximum Gasteiger partial charge on any atom is 0.291 e. The van der Waals surface area contributed by atoms with Crippen molar-refractivity contribution in [1.29, 1.82) is 0 Å². The van der Waals surface area contributed by atoms with Crippen LogP contribution in [0.25, 0.3) is 5.69 Å². The van der Waals surface area contributed by atoms with Crippen LogP contribution >= 0.6 is 11.6 Å². The number of anilines is 1. The lowest BCUT2D eigenvalue weighted by Gasteiger charge is -2.24. The van der Waals surface area contributed by atoms with Crippen molar-refractivity contribution < 1.29 is 17.6 Å². The molecule has 7 nitrogen and oxygen atoms in total. The van der Waals surface area contributed by atoms with Crippen LogP contribution < -0.4 is 5.32 Å². The number of halogens is 1. The zero-order valence-corrected chi connectivity index (χ0v) is 17.1. The van der Waals surface area contributed by atoms with Gasteiger partial charge in [0.15, 0.2) is 5.76 Å². The van der Waals surface area contributed by atoms with E-state index >= 15 is 0 Å². The lowest BCUT2D eigenvalue weighted by Crippen LogP contribution is -2.35. The van der Waals surface area contributed by atoms with Gasteiger partial charge in [0.25, 0.3) is 15.9 Å². The zero-order chi connectivity index (χ0) is 20.4. The Hall–Kier alpha value is -2.55. The van der Waals surface area contributed by atoms with Crippen LogP contribution in [0.15, 0.2) is 64.4 Å². The van der Waals surface area contributed by atoms with Crippen molar-refractivity contribution in [2.75, 3.05) is 18.4 Å². The standard InChI is InChI=1S/C20H20ClN3O4S/c21-15-6-7-16(17(14-15)23-10-4-5-11-23)22-20(25)18-8-9-19(28-18)29(26,27)24-12-2-1-3-13-24/h4-11,14H,1-3,12-13H2,(H,22,25). The molecule has 0 radical (unpaired) electrons. The van der Waals surface area contributed by atoms with Gasteiger partial charge in [-0.2, -0.15) is 4.31 Å². The predicted molar refractivity (Wildman–Crippen MR) is 110 cm³/mol. The third kappa shape index (κ3) is 4.10. The van der Waals surface area contributed by atoms with Gasteiger partial charge in [0.2, 0.25) is 5.09 Å². The van der Waals surface area contributed by atoms with Gasteiger partial charge < -0.3 is 14.3 Å². The molecule has 9 heteroatoms. The molecule has 0 unspecified atom stereocenters. The number of amides is 1. The molecule has 152 valence electrons. The molecule has 1 amide bonds. The molecule has 29 heavy (non-hydrogen) atoms. The van der Waals surface area contributed by atoms with Crippen molar-refractivity contribution in [1.82, 2.24) is 8.87 Å². The predicted octanol–water partition coefficient (Wildman–Crippen LogP) is 4.15.